The molecule has 1 atom stereocenters. The average molecular weight is 150 g/mol. The molecule has 1 heterocycles. The van der Waals surface area contributed by atoms with Gasteiger partial charge in [0.2, 0.25) is 0 Å². The Labute approximate surface area is 58.3 Å². The molecule has 0 aliphatic carbocycles. The Morgan fingerprint density at radius 3 is 3.11 bits per heavy atom. The van der Waals surface area contributed by atoms with Crippen LogP contribution in [0.1, 0.15) is 6.42 Å². The summed E-state index contributed by atoms with van der Waals surface area (Å²) >= 11 is 5.41. The monoisotopic (exact) mass is 149 g/mol. The molecule has 9 heavy (non-hydrogen) atoms. The maximum absolute atomic E-state index is 10.4. The lowest BCUT2D eigenvalue weighted by Gasteiger charge is -2.01. The number of hydrogen-bond donors (Lipinski definition) is 1. The zero-order valence-corrected chi connectivity index (χ0v) is 5.65. The molecular formula is C5H8ClNO2. The van der Waals surface area contributed by atoms with E-state index in [2.05, 4.69) is 5.32 Å². The topological polar surface area (TPSA) is 38.3 Å². The van der Waals surface area contributed by atoms with Crippen LogP contribution in [-0.4, -0.2) is 24.6 Å². The van der Waals surface area contributed by atoms with Crippen molar-refractivity contribution in [2.45, 2.75) is 12.5 Å². The molecule has 1 fully saturated rings. The minimum absolute atomic E-state index is 0.00463. The van der Waals surface area contributed by atoms with Crippen molar-refractivity contribution in [1.29, 1.82) is 0 Å². The zero-order chi connectivity index (χ0) is 6.69. The molecule has 1 N–H and O–H groups in total. The van der Waals surface area contributed by atoms with E-state index in [0.29, 0.717) is 12.4 Å². The number of carbonyl (C=O) groups is 1. The van der Waals surface area contributed by atoms with E-state index in [4.69, 9.17) is 16.3 Å². The van der Waals surface area contributed by atoms with Gasteiger partial charge in [-0.05, 0) is 6.42 Å². The van der Waals surface area contributed by atoms with Crippen molar-refractivity contribution >= 4 is 17.7 Å². The third kappa shape index (κ3) is 1.75. The number of hydrogen-bond acceptors (Lipinski definition) is 2. The normalized spacial score (nSPS) is 25.4. The number of ether oxygens (including phenoxy) is 1. The summed E-state index contributed by atoms with van der Waals surface area (Å²) in [6.07, 6.45) is 0.403. The van der Waals surface area contributed by atoms with Crippen molar-refractivity contribution in [3.63, 3.8) is 0 Å². The summed E-state index contributed by atoms with van der Waals surface area (Å²) < 4.78 is 4.77. The van der Waals surface area contributed by atoms with Gasteiger partial charge in [-0.25, -0.2) is 4.79 Å². The van der Waals surface area contributed by atoms with Crippen LogP contribution >= 0.6 is 11.6 Å². The van der Waals surface area contributed by atoms with Gasteiger partial charge < -0.3 is 10.1 Å². The number of rotatable bonds is 2. The van der Waals surface area contributed by atoms with E-state index in [1.807, 2.05) is 0 Å². The Balaban J connectivity index is 2.22. The molecule has 1 aliphatic heterocycles. The lowest BCUT2D eigenvalue weighted by atomic mass is 10.3. The Bertz CT molecular complexity index is 118. The highest BCUT2D eigenvalue weighted by Gasteiger charge is 2.20. The van der Waals surface area contributed by atoms with Crippen LogP contribution in [0, 0.1) is 0 Å². The second-order valence-electron chi connectivity index (χ2n) is 1.89. The first-order chi connectivity index (χ1) is 4.33. The van der Waals surface area contributed by atoms with Crippen molar-refractivity contribution < 1.29 is 9.53 Å². The zero-order valence-electron chi connectivity index (χ0n) is 4.89. The molecule has 0 spiro atoms. The number of carbonyl (C=O) groups excluding carboxylic acids is 1. The van der Waals surface area contributed by atoms with Gasteiger partial charge in [-0.15, -0.1) is 11.6 Å². The number of cyclic esters (lactones) is 1. The maximum atomic E-state index is 10.4. The van der Waals surface area contributed by atoms with E-state index in [9.17, 15) is 4.79 Å². The second kappa shape index (κ2) is 2.92. The average Bonchev–Trinajstić information content (AvgIpc) is 2.17. The van der Waals surface area contributed by atoms with Crippen LogP contribution in [0.4, 0.5) is 4.79 Å². The standard InChI is InChI=1S/C5H8ClNO2/c6-2-1-4-3-7-5(8)9-4/h4H,1-3H2,(H,7,8). The molecule has 0 aromatic heterocycles. The minimum atomic E-state index is -0.329. The van der Waals surface area contributed by atoms with Gasteiger partial charge in [0.05, 0.1) is 6.54 Å². The first-order valence-electron chi connectivity index (χ1n) is 2.83. The van der Waals surface area contributed by atoms with Gasteiger partial charge in [-0.2, -0.15) is 0 Å². The van der Waals surface area contributed by atoms with Crippen molar-refractivity contribution in [3.8, 4) is 0 Å². The Morgan fingerprint density at radius 2 is 2.67 bits per heavy atom. The number of nitrogens with one attached hydrogen (secondary N) is 1. The predicted molar refractivity (Wildman–Crippen MR) is 33.6 cm³/mol. The van der Waals surface area contributed by atoms with Crippen LogP contribution < -0.4 is 5.32 Å². The van der Waals surface area contributed by atoms with Crippen LogP contribution in [0.15, 0.2) is 0 Å². The van der Waals surface area contributed by atoms with E-state index in [1.165, 1.54) is 0 Å². The van der Waals surface area contributed by atoms with Crippen LogP contribution in [0.25, 0.3) is 0 Å². The molecule has 0 aromatic carbocycles. The lowest BCUT2D eigenvalue weighted by molar-refractivity contribution is 0.139. The fourth-order valence-electron chi connectivity index (χ4n) is 0.715. The summed E-state index contributed by atoms with van der Waals surface area (Å²) in [4.78, 5) is 10.4. The molecule has 1 saturated heterocycles. The van der Waals surface area contributed by atoms with Gasteiger partial charge in [0, 0.05) is 5.88 Å². The van der Waals surface area contributed by atoms with Gasteiger partial charge in [-0.1, -0.05) is 0 Å². The van der Waals surface area contributed by atoms with Gasteiger partial charge >= 0.3 is 6.09 Å². The summed E-state index contributed by atoms with van der Waals surface area (Å²) in [7, 11) is 0. The lowest BCUT2D eigenvalue weighted by Crippen LogP contribution is -2.14. The van der Waals surface area contributed by atoms with Crippen molar-refractivity contribution in [1.82, 2.24) is 5.32 Å². The van der Waals surface area contributed by atoms with Crippen molar-refractivity contribution in [3.05, 3.63) is 0 Å². The largest absolute Gasteiger partial charge is 0.444 e. The SMILES string of the molecule is O=C1NCC(CCCl)O1. The Hall–Kier alpha value is -0.440. The molecule has 1 rings (SSSR count). The number of alkyl carbamates (subject to hydrolysis) is 1. The second-order valence-corrected chi connectivity index (χ2v) is 2.26. The van der Waals surface area contributed by atoms with E-state index >= 15 is 0 Å². The molecule has 4 heteroatoms. The smallest absolute Gasteiger partial charge is 0.407 e. The molecule has 1 aliphatic rings. The molecule has 1 unspecified atom stereocenters. The van der Waals surface area contributed by atoms with E-state index in [1.54, 1.807) is 0 Å². The fraction of sp³-hybridized carbons (Fsp3) is 0.800. The summed E-state index contributed by atoms with van der Waals surface area (Å²) in [5, 5.41) is 2.53. The van der Waals surface area contributed by atoms with Crippen LogP contribution in [0.2, 0.25) is 0 Å². The van der Waals surface area contributed by atoms with E-state index in [0.717, 1.165) is 6.42 Å². The molecule has 0 bridgehead atoms. The van der Waals surface area contributed by atoms with Gasteiger partial charge in [0.25, 0.3) is 0 Å². The summed E-state index contributed by atoms with van der Waals surface area (Å²) in [5.41, 5.74) is 0. The van der Waals surface area contributed by atoms with Crippen LogP contribution in [0.5, 0.6) is 0 Å². The number of halogens is 1. The summed E-state index contributed by atoms with van der Waals surface area (Å²) in [6.45, 7) is 0.603. The highest BCUT2D eigenvalue weighted by molar-refractivity contribution is 6.17. The van der Waals surface area contributed by atoms with E-state index in [-0.39, 0.29) is 12.2 Å². The Morgan fingerprint density at radius 1 is 1.89 bits per heavy atom. The van der Waals surface area contributed by atoms with E-state index < -0.39 is 0 Å². The molecule has 52 valence electrons. The van der Waals surface area contributed by atoms with Gasteiger partial charge in [-0.3, -0.25) is 0 Å². The number of amides is 1. The van der Waals surface area contributed by atoms with Gasteiger partial charge in [0.15, 0.2) is 0 Å². The first kappa shape index (κ1) is 6.68. The summed E-state index contributed by atoms with van der Waals surface area (Å²) in [5.74, 6) is 0.541. The Kier molecular flexibility index (Phi) is 2.16. The maximum Gasteiger partial charge on any atom is 0.407 e. The molecule has 0 radical (unpaired) electrons. The van der Waals surface area contributed by atoms with Crippen LogP contribution in [0.3, 0.4) is 0 Å². The molecule has 1 amide bonds. The van der Waals surface area contributed by atoms with Crippen molar-refractivity contribution in [2.75, 3.05) is 12.4 Å². The predicted octanol–water partition coefficient (Wildman–Crippen LogP) is 0.724. The first-order valence-corrected chi connectivity index (χ1v) is 3.37. The highest BCUT2D eigenvalue weighted by atomic mass is 35.5. The van der Waals surface area contributed by atoms with Crippen molar-refractivity contribution in [2.24, 2.45) is 0 Å². The molecule has 3 nitrogen and oxygen atoms in total. The summed E-state index contributed by atoms with van der Waals surface area (Å²) in [6, 6.07) is 0. The minimum Gasteiger partial charge on any atom is -0.444 e. The number of alkyl halides is 1. The third-order valence-electron chi connectivity index (χ3n) is 1.18. The molecule has 0 saturated carbocycles. The van der Waals surface area contributed by atoms with Crippen LogP contribution in [-0.2, 0) is 4.74 Å². The molecular weight excluding hydrogens is 142 g/mol. The fourth-order valence-corrected chi connectivity index (χ4v) is 0.958. The third-order valence-corrected chi connectivity index (χ3v) is 1.40. The molecule has 0 aromatic rings. The quantitative estimate of drug-likeness (QED) is 0.588. The van der Waals surface area contributed by atoms with Gasteiger partial charge in [0.1, 0.15) is 6.10 Å². The highest BCUT2D eigenvalue weighted by Crippen LogP contribution is 2.04.